The van der Waals surface area contributed by atoms with Crippen molar-refractivity contribution in [3.05, 3.63) is 0 Å². The van der Waals surface area contributed by atoms with Crippen molar-refractivity contribution in [2.24, 2.45) is 0 Å². The second kappa shape index (κ2) is 21.7. The summed E-state index contributed by atoms with van der Waals surface area (Å²) in [6.07, 6.45) is 0.728. The van der Waals surface area contributed by atoms with Gasteiger partial charge >= 0.3 is 16.8 Å². The smallest absolute Gasteiger partial charge is 0.548 e. The van der Waals surface area contributed by atoms with Gasteiger partial charge in [0.05, 0.1) is 25.0 Å². The molecule has 1 radical (unpaired) electrons. The van der Waals surface area contributed by atoms with Gasteiger partial charge in [0.25, 0.3) is 0 Å². The van der Waals surface area contributed by atoms with Crippen molar-refractivity contribution in [3.63, 3.8) is 0 Å². The van der Waals surface area contributed by atoms with Gasteiger partial charge in [-0.3, -0.25) is 0 Å². The Labute approximate surface area is 186 Å². The Morgan fingerprint density at radius 1 is 0.733 bits per heavy atom. The average molecular weight is 531 g/mol. The molecule has 2 heterocycles. The molecule has 0 atom stereocenters. The van der Waals surface area contributed by atoms with Crippen LogP contribution in [0.2, 0.25) is 0 Å². The molecule has 18 N–H and O–H groups in total. The van der Waals surface area contributed by atoms with E-state index in [0.29, 0.717) is 21.8 Å². The second-order valence-electron chi connectivity index (χ2n) is 4.03. The first-order valence-corrected chi connectivity index (χ1v) is 8.21. The van der Waals surface area contributed by atoms with E-state index in [1.807, 2.05) is 0 Å². The Kier molecular flexibility index (Phi) is 30.6. The van der Waals surface area contributed by atoms with Gasteiger partial charge in [-0.1, -0.05) is 23.5 Å². The van der Waals surface area contributed by atoms with E-state index in [-0.39, 0.29) is 49.6 Å². The molecule has 30 heavy (non-hydrogen) atoms. The normalized spacial score (nSPS) is 8.27. The van der Waals surface area contributed by atoms with Crippen molar-refractivity contribution in [2.75, 3.05) is 11.5 Å². The summed E-state index contributed by atoms with van der Waals surface area (Å²) in [5, 5.41) is 43.2. The van der Waals surface area contributed by atoms with Crippen LogP contribution in [0.4, 0.5) is 0 Å². The summed E-state index contributed by atoms with van der Waals surface area (Å²) < 4.78 is 2.29. The zero-order valence-corrected chi connectivity index (χ0v) is 18.0. The van der Waals surface area contributed by atoms with Crippen molar-refractivity contribution in [1.29, 1.82) is 0 Å². The number of carboxylic acid groups (broad SMARTS) is 2. The largest absolute Gasteiger partial charge is 2.00 e. The Morgan fingerprint density at radius 3 is 1.37 bits per heavy atom. The van der Waals surface area contributed by atoms with Crippen LogP contribution in [0.3, 0.4) is 0 Å². The van der Waals surface area contributed by atoms with Gasteiger partial charge in [-0.25, -0.2) is 9.36 Å². The molecule has 0 fully saturated rings. The maximum atomic E-state index is 10.5. The van der Waals surface area contributed by atoms with Crippen LogP contribution in [0.5, 0.6) is 0 Å². The number of aliphatic carboxylic acids is 2. The maximum Gasteiger partial charge on any atom is 2.00 e. The van der Waals surface area contributed by atoms with Gasteiger partial charge in [0, 0.05) is 11.5 Å². The summed E-state index contributed by atoms with van der Waals surface area (Å²) >= 11 is 2.62. The van der Waals surface area contributed by atoms with Gasteiger partial charge in [-0.05, 0) is 27.3 Å². The molecule has 0 aromatic carbocycles. The minimum Gasteiger partial charge on any atom is -0.548 e. The summed E-state index contributed by atoms with van der Waals surface area (Å²) in [6, 6.07) is 0. The molecule has 21 heteroatoms. The number of nitrogens with zero attached hydrogens (tertiary/aromatic N) is 8. The molecule has 0 aliphatic heterocycles. The third-order valence-corrected chi connectivity index (χ3v) is 4.39. The van der Waals surface area contributed by atoms with Crippen LogP contribution in [0, 0.1) is 0 Å². The summed E-state index contributed by atoms with van der Waals surface area (Å²) in [6.45, 7) is -0.801. The van der Waals surface area contributed by atoms with Crippen LogP contribution in [0.25, 0.3) is 0 Å². The van der Waals surface area contributed by atoms with Gasteiger partial charge in [-0.15, -0.1) is 10.2 Å². The zero-order valence-electron chi connectivity index (χ0n) is 15.4. The first-order chi connectivity index (χ1) is 11.1. The van der Waals surface area contributed by atoms with Gasteiger partial charge in [-0.2, -0.15) is 0 Å². The Morgan fingerprint density at radius 2 is 1.07 bits per heavy atom. The summed E-state index contributed by atoms with van der Waals surface area (Å²) in [5.41, 5.74) is 0. The third-order valence-electron chi connectivity index (χ3n) is 2.31. The Hall–Kier alpha value is -1.95. The van der Waals surface area contributed by atoms with Crippen molar-refractivity contribution in [3.8, 4) is 0 Å². The molecule has 0 saturated heterocycles. The monoisotopic (exact) mass is 531 g/mol. The zero-order chi connectivity index (χ0) is 16.7. The van der Waals surface area contributed by atoms with Crippen LogP contribution in [0.1, 0.15) is 6.42 Å². The first-order valence-electron chi connectivity index (χ1n) is 6.24. The molecule has 18 nitrogen and oxygen atoms in total. The molecule has 0 aliphatic rings. The number of carbonyl (C=O) groups is 2. The van der Waals surface area contributed by atoms with E-state index in [1.165, 1.54) is 23.5 Å². The summed E-state index contributed by atoms with van der Waals surface area (Å²) in [7, 11) is 0. The number of carboxylic acids is 2. The van der Waals surface area contributed by atoms with Crippen LogP contribution in [-0.4, -0.2) is 63.9 Å². The van der Waals surface area contributed by atoms with Gasteiger partial charge in [0.1, 0.15) is 0 Å². The van der Waals surface area contributed by atoms with Crippen LogP contribution in [-0.2, 0) is 72.3 Å². The van der Waals surface area contributed by atoms with E-state index in [2.05, 4.69) is 31.1 Å². The van der Waals surface area contributed by atoms with E-state index >= 15 is 0 Å². The fourth-order valence-electron chi connectivity index (χ4n) is 1.43. The number of rotatable bonds is 10. The topological polar surface area (TPSA) is 365 Å². The van der Waals surface area contributed by atoms with E-state index in [9.17, 15) is 19.8 Å². The van der Waals surface area contributed by atoms with Crippen molar-refractivity contribution >= 4 is 35.5 Å². The third kappa shape index (κ3) is 14.1. The summed E-state index contributed by atoms with van der Waals surface area (Å²) in [4.78, 5) is 21.1. The number of aromatic nitrogens is 8. The molecule has 0 saturated carbocycles. The van der Waals surface area contributed by atoms with Crippen LogP contribution < -0.4 is 10.2 Å². The molecule has 2 rings (SSSR count). The maximum absolute atomic E-state index is 10.5. The van der Waals surface area contributed by atoms with Crippen LogP contribution in [0.15, 0.2) is 10.3 Å². The first kappa shape index (κ1) is 42.2. The number of tetrazole rings is 2. The van der Waals surface area contributed by atoms with E-state index < -0.39 is 25.0 Å². The minimum atomic E-state index is -1.27. The fraction of sp³-hybridized carbons (Fsp3) is 0.556. The van der Waals surface area contributed by atoms with E-state index in [0.717, 1.165) is 15.8 Å². The van der Waals surface area contributed by atoms with Gasteiger partial charge < -0.3 is 52.7 Å². The predicted molar refractivity (Wildman–Crippen MR) is 101 cm³/mol. The Balaban J connectivity index is -0.000000206. The molecule has 0 unspecified atom stereocenters. The van der Waals surface area contributed by atoms with Crippen LogP contribution >= 0.6 is 23.5 Å². The second-order valence-corrected chi connectivity index (χ2v) is 6.16. The molecule has 179 valence electrons. The van der Waals surface area contributed by atoms with Gasteiger partial charge in [0.15, 0.2) is 0 Å². The molecule has 0 spiro atoms. The molecule has 2 aromatic rings. The molecule has 0 bridgehead atoms. The molecular weight excluding hydrogens is 503 g/mol. The fourth-order valence-corrected chi connectivity index (χ4v) is 3.24. The number of hydrogen-bond donors (Lipinski definition) is 0. The van der Waals surface area contributed by atoms with E-state index in [4.69, 9.17) is 0 Å². The minimum absolute atomic E-state index is 0. The average Bonchev–Trinajstić information content (AvgIpc) is 3.07. The molecule has 2 aromatic heterocycles. The Bertz CT molecular complexity index is 636. The molecule has 0 amide bonds. The summed E-state index contributed by atoms with van der Waals surface area (Å²) in [5.74, 6) is -1.26. The predicted octanol–water partition coefficient (Wildman–Crippen LogP) is -9.10. The quantitative estimate of drug-likeness (QED) is 0.157. The number of carbonyl (C=O) groups excluding carboxylic acids is 2. The molecular formula is C9H28CoN8O10S2+6. The number of hydrogen-bond acceptors (Lipinski definition) is 12. The van der Waals surface area contributed by atoms with Crippen molar-refractivity contribution in [2.45, 2.75) is 29.8 Å². The standard InChI is InChI=1S/C9H12N8O4S2.Co.6H2O/c18-6(19)4-16-8(10-12-14-16)22-2-1-3-23-9-11-13-15-17(9)5-7(20)21;;;;;;;/h1-5H2,(H,18,19)(H,20,21);;6*1H2/q;+2;;;;;;/p+4. The van der Waals surface area contributed by atoms with Crippen molar-refractivity contribution in [1.82, 2.24) is 40.4 Å². The SMILES string of the molecule is O=C([O-])Cn1nnnc1SCCCSc1nnnn1CC(=O)[O-].[Co+2].[OH3+].[OH3+].[OH3+].[OH3+].[OH3+].[OH3+]. The number of thioether (sulfide) groups is 2. The van der Waals surface area contributed by atoms with Gasteiger partial charge in [0.2, 0.25) is 10.3 Å². The molecule has 0 aliphatic carbocycles. The van der Waals surface area contributed by atoms with Crippen molar-refractivity contribution < 1.29 is 69.4 Å². The van der Waals surface area contributed by atoms with E-state index in [1.54, 1.807) is 0 Å².